The van der Waals surface area contributed by atoms with Crippen LogP contribution < -0.4 is 10.6 Å². The van der Waals surface area contributed by atoms with E-state index in [2.05, 4.69) is 34.9 Å². The van der Waals surface area contributed by atoms with Crippen molar-refractivity contribution in [2.75, 3.05) is 13.1 Å². The van der Waals surface area contributed by atoms with Crippen molar-refractivity contribution in [3.05, 3.63) is 71.3 Å². The molecule has 0 bridgehead atoms. The first-order chi connectivity index (χ1) is 13.5. The van der Waals surface area contributed by atoms with E-state index >= 15 is 0 Å². The molecule has 1 saturated heterocycles. The highest BCUT2D eigenvalue weighted by Crippen LogP contribution is 2.28. The fraction of sp³-hybridized carbons (Fsp3) is 0.391. The number of nitrogens with one attached hydrogen (secondary N) is 2. The Balaban J connectivity index is 1.50. The third kappa shape index (κ3) is 5.35. The SMILES string of the molecule is CC(C)NC(=O)NCc1ccc(C(=O)N2CCC(c3ccccc3)CC2)cc1. The van der Waals surface area contributed by atoms with Gasteiger partial charge in [-0.25, -0.2) is 4.79 Å². The maximum atomic E-state index is 12.8. The standard InChI is InChI=1S/C23H29N3O2/c1-17(2)25-23(28)24-16-18-8-10-21(11-9-18)22(27)26-14-12-20(13-15-26)19-6-4-3-5-7-19/h3-11,17,20H,12-16H2,1-2H3,(H2,24,25,28). The van der Waals surface area contributed by atoms with Gasteiger partial charge in [0, 0.05) is 31.2 Å². The normalized spacial score (nSPS) is 14.8. The lowest BCUT2D eigenvalue weighted by Gasteiger charge is -2.32. The summed E-state index contributed by atoms with van der Waals surface area (Å²) in [6.07, 6.45) is 2.01. The average molecular weight is 380 g/mol. The minimum absolute atomic E-state index is 0.0866. The van der Waals surface area contributed by atoms with Crippen molar-refractivity contribution in [2.45, 2.75) is 45.2 Å². The fourth-order valence-corrected chi connectivity index (χ4v) is 3.58. The van der Waals surface area contributed by atoms with Gasteiger partial charge < -0.3 is 15.5 Å². The van der Waals surface area contributed by atoms with E-state index in [0.717, 1.165) is 31.5 Å². The largest absolute Gasteiger partial charge is 0.339 e. The van der Waals surface area contributed by atoms with Crippen LogP contribution in [0.25, 0.3) is 0 Å². The highest BCUT2D eigenvalue weighted by atomic mass is 16.2. The van der Waals surface area contributed by atoms with Gasteiger partial charge in [-0.3, -0.25) is 4.79 Å². The number of urea groups is 1. The number of carbonyl (C=O) groups excluding carboxylic acids is 2. The molecular weight excluding hydrogens is 350 g/mol. The molecule has 148 valence electrons. The van der Waals surface area contributed by atoms with Crippen molar-refractivity contribution < 1.29 is 9.59 Å². The molecule has 0 spiro atoms. The van der Waals surface area contributed by atoms with Gasteiger partial charge in [0.2, 0.25) is 0 Å². The summed E-state index contributed by atoms with van der Waals surface area (Å²) in [5, 5.41) is 5.61. The molecule has 0 unspecified atom stereocenters. The smallest absolute Gasteiger partial charge is 0.315 e. The quantitative estimate of drug-likeness (QED) is 0.827. The van der Waals surface area contributed by atoms with Crippen molar-refractivity contribution in [2.24, 2.45) is 0 Å². The zero-order valence-corrected chi connectivity index (χ0v) is 16.7. The number of carbonyl (C=O) groups is 2. The summed E-state index contributed by atoms with van der Waals surface area (Å²) >= 11 is 0. The van der Waals surface area contributed by atoms with Crippen LogP contribution in [0.1, 0.15) is 54.1 Å². The van der Waals surface area contributed by atoms with Crippen LogP contribution in [-0.4, -0.2) is 36.0 Å². The number of likely N-dealkylation sites (tertiary alicyclic amines) is 1. The molecule has 0 aromatic heterocycles. The number of hydrogen-bond acceptors (Lipinski definition) is 2. The summed E-state index contributed by atoms with van der Waals surface area (Å²) in [6, 6.07) is 18.0. The van der Waals surface area contributed by atoms with E-state index in [0.29, 0.717) is 18.0 Å². The Labute approximate surface area is 167 Å². The Bertz CT molecular complexity index is 779. The van der Waals surface area contributed by atoms with Gasteiger partial charge in [-0.15, -0.1) is 0 Å². The first-order valence-electron chi connectivity index (χ1n) is 10.0. The molecule has 2 aromatic rings. The molecule has 5 heteroatoms. The second kappa shape index (κ2) is 9.40. The molecule has 3 rings (SSSR count). The topological polar surface area (TPSA) is 61.4 Å². The molecule has 3 amide bonds. The molecule has 1 fully saturated rings. The monoisotopic (exact) mass is 379 g/mol. The second-order valence-corrected chi connectivity index (χ2v) is 7.66. The molecule has 0 radical (unpaired) electrons. The third-order valence-electron chi connectivity index (χ3n) is 5.13. The number of piperidine rings is 1. The Morgan fingerprint density at radius 2 is 1.64 bits per heavy atom. The summed E-state index contributed by atoms with van der Waals surface area (Å²) < 4.78 is 0. The van der Waals surface area contributed by atoms with Crippen molar-refractivity contribution in [3.63, 3.8) is 0 Å². The summed E-state index contributed by atoms with van der Waals surface area (Å²) in [4.78, 5) is 26.4. The number of amides is 3. The summed E-state index contributed by atoms with van der Waals surface area (Å²) in [7, 11) is 0. The predicted octanol–water partition coefficient (Wildman–Crippen LogP) is 3.91. The van der Waals surface area contributed by atoms with Gasteiger partial charge in [0.15, 0.2) is 0 Å². The molecule has 0 aliphatic carbocycles. The van der Waals surface area contributed by atoms with Crippen LogP contribution in [0.4, 0.5) is 4.79 Å². The molecule has 2 N–H and O–H groups in total. The highest BCUT2D eigenvalue weighted by molar-refractivity contribution is 5.94. The zero-order chi connectivity index (χ0) is 19.9. The molecule has 1 heterocycles. The minimum Gasteiger partial charge on any atom is -0.339 e. The van der Waals surface area contributed by atoms with Crippen molar-refractivity contribution in [1.82, 2.24) is 15.5 Å². The maximum absolute atomic E-state index is 12.8. The first kappa shape index (κ1) is 19.9. The number of hydrogen-bond donors (Lipinski definition) is 2. The molecular formula is C23H29N3O2. The van der Waals surface area contributed by atoms with Gasteiger partial charge in [-0.05, 0) is 55.9 Å². The van der Waals surface area contributed by atoms with E-state index in [9.17, 15) is 9.59 Å². The van der Waals surface area contributed by atoms with Crippen molar-refractivity contribution >= 4 is 11.9 Å². The van der Waals surface area contributed by atoms with E-state index in [4.69, 9.17) is 0 Å². The maximum Gasteiger partial charge on any atom is 0.315 e. The molecule has 0 saturated carbocycles. The third-order valence-corrected chi connectivity index (χ3v) is 5.13. The highest BCUT2D eigenvalue weighted by Gasteiger charge is 2.24. The van der Waals surface area contributed by atoms with Crippen LogP contribution in [0.2, 0.25) is 0 Å². The van der Waals surface area contributed by atoms with E-state index in [-0.39, 0.29) is 18.0 Å². The molecule has 5 nitrogen and oxygen atoms in total. The van der Waals surface area contributed by atoms with Gasteiger partial charge in [0.1, 0.15) is 0 Å². The predicted molar refractivity (Wildman–Crippen MR) is 111 cm³/mol. The molecule has 2 aromatic carbocycles. The van der Waals surface area contributed by atoms with Crippen LogP contribution in [0.15, 0.2) is 54.6 Å². The Hall–Kier alpha value is -2.82. The average Bonchev–Trinajstić information content (AvgIpc) is 2.72. The zero-order valence-electron chi connectivity index (χ0n) is 16.7. The lowest BCUT2D eigenvalue weighted by Crippen LogP contribution is -2.39. The molecule has 28 heavy (non-hydrogen) atoms. The van der Waals surface area contributed by atoms with Crippen LogP contribution >= 0.6 is 0 Å². The van der Waals surface area contributed by atoms with Gasteiger partial charge in [0.25, 0.3) is 5.91 Å². The van der Waals surface area contributed by atoms with Crippen LogP contribution in [0.5, 0.6) is 0 Å². The van der Waals surface area contributed by atoms with E-state index in [1.807, 2.05) is 49.1 Å². The number of rotatable bonds is 5. The van der Waals surface area contributed by atoms with E-state index in [1.54, 1.807) is 0 Å². The second-order valence-electron chi connectivity index (χ2n) is 7.66. The number of nitrogens with zero attached hydrogens (tertiary/aromatic N) is 1. The molecule has 0 atom stereocenters. The van der Waals surface area contributed by atoms with Gasteiger partial charge in [-0.1, -0.05) is 42.5 Å². The van der Waals surface area contributed by atoms with E-state index < -0.39 is 0 Å². The Kier molecular flexibility index (Phi) is 6.69. The minimum atomic E-state index is -0.184. The summed E-state index contributed by atoms with van der Waals surface area (Å²) in [5.41, 5.74) is 3.04. The van der Waals surface area contributed by atoms with E-state index in [1.165, 1.54) is 5.56 Å². The van der Waals surface area contributed by atoms with Gasteiger partial charge in [0.05, 0.1) is 0 Å². The summed E-state index contributed by atoms with van der Waals surface area (Å²) in [5.74, 6) is 0.624. The Morgan fingerprint density at radius 3 is 2.25 bits per heavy atom. The summed E-state index contributed by atoms with van der Waals surface area (Å²) in [6.45, 7) is 5.86. The fourth-order valence-electron chi connectivity index (χ4n) is 3.58. The lowest BCUT2D eigenvalue weighted by molar-refractivity contribution is 0.0713. The van der Waals surface area contributed by atoms with Gasteiger partial charge >= 0.3 is 6.03 Å². The lowest BCUT2D eigenvalue weighted by atomic mass is 9.89. The first-order valence-corrected chi connectivity index (χ1v) is 10.0. The molecule has 1 aliphatic heterocycles. The van der Waals surface area contributed by atoms with Gasteiger partial charge in [-0.2, -0.15) is 0 Å². The van der Waals surface area contributed by atoms with Crippen LogP contribution in [0.3, 0.4) is 0 Å². The van der Waals surface area contributed by atoms with Crippen molar-refractivity contribution in [3.8, 4) is 0 Å². The van der Waals surface area contributed by atoms with Crippen LogP contribution in [-0.2, 0) is 6.54 Å². The van der Waals surface area contributed by atoms with Crippen LogP contribution in [0, 0.1) is 0 Å². The van der Waals surface area contributed by atoms with Crippen molar-refractivity contribution in [1.29, 1.82) is 0 Å². The number of benzene rings is 2. The Morgan fingerprint density at radius 1 is 1.00 bits per heavy atom. The molecule has 1 aliphatic rings.